The molecule has 0 bridgehead atoms. The van der Waals surface area contributed by atoms with Gasteiger partial charge in [0.15, 0.2) is 0 Å². The van der Waals surface area contributed by atoms with Crippen LogP contribution in [0.1, 0.15) is 61.8 Å². The van der Waals surface area contributed by atoms with Crippen LogP contribution in [0.2, 0.25) is 0 Å². The molecule has 4 rings (SSSR count). The van der Waals surface area contributed by atoms with Crippen molar-refractivity contribution in [3.63, 3.8) is 0 Å². The number of aromatic nitrogens is 2. The third-order valence-electron chi connectivity index (χ3n) is 5.26. The SMILES string of the molecule is Cc1ccc(-c2nnc(C3CCCN3CC3CCCCC3)o2)s1. The van der Waals surface area contributed by atoms with Crippen LogP contribution in [-0.4, -0.2) is 28.2 Å². The average molecular weight is 331 g/mol. The number of thiophene rings is 1. The van der Waals surface area contributed by atoms with Gasteiger partial charge in [-0.15, -0.1) is 21.5 Å². The van der Waals surface area contributed by atoms with Gasteiger partial charge in [0, 0.05) is 11.4 Å². The van der Waals surface area contributed by atoms with Crippen molar-refractivity contribution >= 4 is 11.3 Å². The Morgan fingerprint density at radius 2 is 2.00 bits per heavy atom. The third kappa shape index (κ3) is 3.36. The standard InChI is InChI=1S/C18H25N3OS/c1-13-9-10-16(23-13)18-20-19-17(22-18)15-8-5-11-21(15)12-14-6-3-2-4-7-14/h9-10,14-15H,2-8,11-12H2,1H3. The fourth-order valence-corrected chi connectivity index (χ4v) is 4.83. The van der Waals surface area contributed by atoms with E-state index in [1.807, 2.05) is 0 Å². The van der Waals surface area contributed by atoms with Gasteiger partial charge in [0.25, 0.3) is 5.89 Å². The van der Waals surface area contributed by atoms with Gasteiger partial charge in [0.05, 0.1) is 10.9 Å². The summed E-state index contributed by atoms with van der Waals surface area (Å²) in [4.78, 5) is 4.95. The number of nitrogens with zero attached hydrogens (tertiary/aromatic N) is 3. The van der Waals surface area contributed by atoms with E-state index in [4.69, 9.17) is 4.42 Å². The maximum atomic E-state index is 6.03. The molecule has 1 saturated heterocycles. The predicted molar refractivity (Wildman–Crippen MR) is 92.5 cm³/mol. The Bertz CT molecular complexity index is 644. The maximum absolute atomic E-state index is 6.03. The van der Waals surface area contributed by atoms with Crippen LogP contribution in [0.25, 0.3) is 10.8 Å². The second kappa shape index (κ2) is 6.73. The molecule has 23 heavy (non-hydrogen) atoms. The highest BCUT2D eigenvalue weighted by atomic mass is 32.1. The van der Waals surface area contributed by atoms with Gasteiger partial charge in [-0.25, -0.2) is 0 Å². The zero-order valence-electron chi connectivity index (χ0n) is 13.8. The third-order valence-corrected chi connectivity index (χ3v) is 6.25. The largest absolute Gasteiger partial charge is 0.418 e. The molecule has 3 heterocycles. The highest BCUT2D eigenvalue weighted by Crippen LogP contribution is 2.36. The molecule has 0 aromatic carbocycles. The number of hydrogen-bond acceptors (Lipinski definition) is 5. The first kappa shape index (κ1) is 15.3. The average Bonchev–Trinajstić information content (AvgIpc) is 3.28. The van der Waals surface area contributed by atoms with Gasteiger partial charge < -0.3 is 4.42 Å². The van der Waals surface area contributed by atoms with E-state index in [1.165, 1.54) is 56.5 Å². The van der Waals surface area contributed by atoms with E-state index in [2.05, 4.69) is 34.2 Å². The Labute approximate surface area is 141 Å². The first-order valence-electron chi connectivity index (χ1n) is 8.94. The molecule has 1 aliphatic heterocycles. The number of hydrogen-bond donors (Lipinski definition) is 0. The van der Waals surface area contributed by atoms with Crippen molar-refractivity contribution < 1.29 is 4.42 Å². The van der Waals surface area contributed by atoms with Gasteiger partial charge in [-0.05, 0) is 57.2 Å². The molecule has 1 saturated carbocycles. The Kier molecular flexibility index (Phi) is 4.49. The van der Waals surface area contributed by atoms with Crippen LogP contribution < -0.4 is 0 Å². The number of aryl methyl sites for hydroxylation is 1. The van der Waals surface area contributed by atoms with Crippen molar-refractivity contribution in [3.8, 4) is 10.8 Å². The summed E-state index contributed by atoms with van der Waals surface area (Å²) >= 11 is 1.72. The lowest BCUT2D eigenvalue weighted by molar-refractivity contribution is 0.170. The summed E-state index contributed by atoms with van der Waals surface area (Å²) in [7, 11) is 0. The van der Waals surface area contributed by atoms with Crippen molar-refractivity contribution in [1.29, 1.82) is 0 Å². The van der Waals surface area contributed by atoms with Gasteiger partial charge in [-0.1, -0.05) is 19.3 Å². The molecule has 4 nitrogen and oxygen atoms in total. The van der Waals surface area contributed by atoms with Crippen LogP contribution in [0.15, 0.2) is 16.5 Å². The van der Waals surface area contributed by atoms with Crippen molar-refractivity contribution in [2.24, 2.45) is 5.92 Å². The van der Waals surface area contributed by atoms with Crippen LogP contribution in [0.4, 0.5) is 0 Å². The highest BCUT2D eigenvalue weighted by molar-refractivity contribution is 7.15. The van der Waals surface area contributed by atoms with Crippen molar-refractivity contribution in [2.75, 3.05) is 13.1 Å². The van der Waals surface area contributed by atoms with Crippen molar-refractivity contribution in [3.05, 3.63) is 22.9 Å². The smallest absolute Gasteiger partial charge is 0.257 e. The van der Waals surface area contributed by atoms with Crippen LogP contribution in [0, 0.1) is 12.8 Å². The minimum atomic E-state index is 0.333. The van der Waals surface area contributed by atoms with Crippen LogP contribution >= 0.6 is 11.3 Å². The van der Waals surface area contributed by atoms with Gasteiger partial charge >= 0.3 is 0 Å². The van der Waals surface area contributed by atoms with Crippen LogP contribution in [0.5, 0.6) is 0 Å². The molecule has 1 aliphatic carbocycles. The van der Waals surface area contributed by atoms with E-state index in [1.54, 1.807) is 11.3 Å². The summed E-state index contributed by atoms with van der Waals surface area (Å²) in [5, 5.41) is 8.67. The Hall–Kier alpha value is -1.20. The van der Waals surface area contributed by atoms with E-state index in [0.29, 0.717) is 11.9 Å². The first-order valence-corrected chi connectivity index (χ1v) is 9.75. The number of rotatable bonds is 4. The maximum Gasteiger partial charge on any atom is 0.257 e. The Morgan fingerprint density at radius 3 is 2.78 bits per heavy atom. The van der Waals surface area contributed by atoms with E-state index in [-0.39, 0.29) is 0 Å². The summed E-state index contributed by atoms with van der Waals surface area (Å²) < 4.78 is 6.03. The van der Waals surface area contributed by atoms with E-state index in [9.17, 15) is 0 Å². The van der Waals surface area contributed by atoms with Crippen LogP contribution in [-0.2, 0) is 0 Å². The summed E-state index contributed by atoms with van der Waals surface area (Å²) in [6, 6.07) is 4.51. The lowest BCUT2D eigenvalue weighted by Crippen LogP contribution is -2.30. The van der Waals surface area contributed by atoms with E-state index >= 15 is 0 Å². The van der Waals surface area contributed by atoms with Gasteiger partial charge in [0.2, 0.25) is 5.89 Å². The van der Waals surface area contributed by atoms with Gasteiger partial charge in [0.1, 0.15) is 0 Å². The molecule has 0 spiro atoms. The van der Waals surface area contributed by atoms with Crippen LogP contribution in [0.3, 0.4) is 0 Å². The molecule has 2 aliphatic rings. The molecular formula is C18H25N3OS. The molecule has 2 aromatic rings. The van der Waals surface area contributed by atoms with E-state index < -0.39 is 0 Å². The molecule has 1 unspecified atom stereocenters. The predicted octanol–water partition coefficient (Wildman–Crippen LogP) is 4.82. The summed E-state index contributed by atoms with van der Waals surface area (Å²) in [5.41, 5.74) is 0. The lowest BCUT2D eigenvalue weighted by atomic mass is 9.89. The van der Waals surface area contributed by atoms with Gasteiger partial charge in [-0.2, -0.15) is 0 Å². The Balaban J connectivity index is 1.47. The normalized spacial score (nSPS) is 23.6. The topological polar surface area (TPSA) is 42.2 Å². The van der Waals surface area contributed by atoms with E-state index in [0.717, 1.165) is 23.1 Å². The highest BCUT2D eigenvalue weighted by Gasteiger charge is 2.32. The molecule has 0 radical (unpaired) electrons. The zero-order chi connectivity index (χ0) is 15.6. The molecule has 124 valence electrons. The summed E-state index contributed by atoms with van der Waals surface area (Å²) in [5.74, 6) is 2.37. The second-order valence-electron chi connectivity index (χ2n) is 7.01. The first-order chi connectivity index (χ1) is 11.3. The molecule has 0 amide bonds. The Morgan fingerprint density at radius 1 is 1.13 bits per heavy atom. The quantitative estimate of drug-likeness (QED) is 0.805. The van der Waals surface area contributed by atoms with Crippen molar-refractivity contribution in [2.45, 2.75) is 57.9 Å². The zero-order valence-corrected chi connectivity index (χ0v) is 14.6. The van der Waals surface area contributed by atoms with Gasteiger partial charge in [-0.3, -0.25) is 4.90 Å². The summed E-state index contributed by atoms with van der Waals surface area (Å²) in [6.07, 6.45) is 9.43. The number of likely N-dealkylation sites (tertiary alicyclic amines) is 1. The molecule has 5 heteroatoms. The summed E-state index contributed by atoms with van der Waals surface area (Å²) in [6.45, 7) is 4.49. The minimum absolute atomic E-state index is 0.333. The fourth-order valence-electron chi connectivity index (χ4n) is 4.04. The molecule has 0 N–H and O–H groups in total. The second-order valence-corrected chi connectivity index (χ2v) is 8.30. The molecule has 1 atom stereocenters. The monoisotopic (exact) mass is 331 g/mol. The molecule has 2 fully saturated rings. The molecular weight excluding hydrogens is 306 g/mol. The fraction of sp³-hybridized carbons (Fsp3) is 0.667. The lowest BCUT2D eigenvalue weighted by Gasteiger charge is -2.29. The minimum Gasteiger partial charge on any atom is -0.418 e. The van der Waals surface area contributed by atoms with Crippen molar-refractivity contribution in [1.82, 2.24) is 15.1 Å². The molecule has 2 aromatic heterocycles.